The van der Waals surface area contributed by atoms with E-state index in [-0.39, 0.29) is 18.3 Å². The Labute approximate surface area is 136 Å². The summed E-state index contributed by atoms with van der Waals surface area (Å²) in [5, 5.41) is 9.55. The number of carbonyl (C=O) groups is 1. The number of nitrogens with zero attached hydrogens (tertiary/aromatic N) is 1. The van der Waals surface area contributed by atoms with Crippen molar-refractivity contribution in [1.82, 2.24) is 4.90 Å². The highest BCUT2D eigenvalue weighted by Gasteiger charge is 2.34. The van der Waals surface area contributed by atoms with Gasteiger partial charge in [0.25, 0.3) is 0 Å². The number of thioether (sulfide) groups is 1. The van der Waals surface area contributed by atoms with Gasteiger partial charge in [-0.3, -0.25) is 0 Å². The van der Waals surface area contributed by atoms with Gasteiger partial charge in [0.05, 0.1) is 0 Å². The van der Waals surface area contributed by atoms with Crippen LogP contribution >= 0.6 is 11.8 Å². The van der Waals surface area contributed by atoms with Crippen LogP contribution in [-0.2, 0) is 0 Å². The third-order valence-electron chi connectivity index (χ3n) is 3.78. The zero-order chi connectivity index (χ0) is 16.8. The smallest absolute Gasteiger partial charge is 0.407 e. The Bertz CT molecular complexity index is 349. The van der Waals surface area contributed by atoms with Crippen LogP contribution < -0.4 is 0 Å². The first-order valence-electron chi connectivity index (χ1n) is 8.06. The molecule has 1 aliphatic rings. The normalized spacial score (nSPS) is 19.1. The quantitative estimate of drug-likeness (QED) is 0.657. The van der Waals surface area contributed by atoms with E-state index in [2.05, 4.69) is 0 Å². The van der Waals surface area contributed by atoms with E-state index in [4.69, 9.17) is 0 Å². The number of unbranched alkanes of at least 4 members (excludes halogenated alkanes) is 1. The van der Waals surface area contributed by atoms with Crippen LogP contribution in [0.15, 0.2) is 0 Å². The number of carboxylic acid groups (broad SMARTS) is 1. The second-order valence-electron chi connectivity index (χ2n) is 7.40. The summed E-state index contributed by atoms with van der Waals surface area (Å²) in [7, 11) is 0. The molecular formula is C16H29F2NO2S. The Morgan fingerprint density at radius 1 is 1.27 bits per heavy atom. The van der Waals surface area contributed by atoms with Crippen LogP contribution in [0.3, 0.4) is 0 Å². The molecule has 1 saturated carbocycles. The van der Waals surface area contributed by atoms with Gasteiger partial charge in [0, 0.05) is 31.2 Å². The summed E-state index contributed by atoms with van der Waals surface area (Å²) in [6.45, 7) is 7.16. The van der Waals surface area contributed by atoms with Crippen molar-refractivity contribution in [2.24, 2.45) is 5.41 Å². The van der Waals surface area contributed by atoms with Crippen LogP contribution in [0.2, 0.25) is 0 Å². The number of hydrogen-bond donors (Lipinski definition) is 1. The van der Waals surface area contributed by atoms with E-state index in [0.29, 0.717) is 31.2 Å². The van der Waals surface area contributed by atoms with E-state index in [1.165, 1.54) is 4.90 Å². The summed E-state index contributed by atoms with van der Waals surface area (Å²) in [5.74, 6) is -1.52. The second-order valence-corrected chi connectivity index (χ2v) is 8.81. The van der Waals surface area contributed by atoms with E-state index in [1.807, 2.05) is 20.8 Å². The molecule has 0 unspecified atom stereocenters. The summed E-state index contributed by atoms with van der Waals surface area (Å²) in [6, 6.07) is 0. The van der Waals surface area contributed by atoms with Gasteiger partial charge >= 0.3 is 6.09 Å². The zero-order valence-corrected chi connectivity index (χ0v) is 14.7. The largest absolute Gasteiger partial charge is 0.465 e. The fourth-order valence-electron chi connectivity index (χ4n) is 2.65. The molecule has 1 rings (SSSR count). The van der Waals surface area contributed by atoms with Crippen molar-refractivity contribution in [3.8, 4) is 0 Å². The molecule has 0 saturated heterocycles. The van der Waals surface area contributed by atoms with Gasteiger partial charge in [-0.2, -0.15) is 11.8 Å². The minimum Gasteiger partial charge on any atom is -0.465 e. The van der Waals surface area contributed by atoms with Crippen LogP contribution in [0.1, 0.15) is 59.3 Å². The molecule has 6 heteroatoms. The van der Waals surface area contributed by atoms with Crippen molar-refractivity contribution in [3.05, 3.63) is 0 Å². The van der Waals surface area contributed by atoms with Crippen LogP contribution in [0.25, 0.3) is 0 Å². The molecular weight excluding hydrogens is 308 g/mol. The van der Waals surface area contributed by atoms with Crippen LogP contribution in [-0.4, -0.2) is 46.1 Å². The van der Waals surface area contributed by atoms with E-state index in [1.54, 1.807) is 11.8 Å². The lowest BCUT2D eigenvalue weighted by Crippen LogP contribution is -2.37. The van der Waals surface area contributed by atoms with Crippen molar-refractivity contribution >= 4 is 17.9 Å². The molecule has 1 amide bonds. The van der Waals surface area contributed by atoms with Gasteiger partial charge < -0.3 is 10.0 Å². The molecule has 1 fully saturated rings. The first-order chi connectivity index (χ1) is 10.1. The van der Waals surface area contributed by atoms with Gasteiger partial charge in [-0.15, -0.1) is 0 Å². The molecule has 0 aromatic heterocycles. The average molecular weight is 337 g/mol. The first-order valence-corrected chi connectivity index (χ1v) is 9.11. The number of alkyl halides is 2. The van der Waals surface area contributed by atoms with E-state index < -0.39 is 12.0 Å². The van der Waals surface area contributed by atoms with Crippen molar-refractivity contribution in [2.75, 3.05) is 18.8 Å². The van der Waals surface area contributed by atoms with Crippen LogP contribution in [0.4, 0.5) is 13.6 Å². The molecule has 130 valence electrons. The maximum atomic E-state index is 13.1. The Morgan fingerprint density at radius 3 is 2.36 bits per heavy atom. The van der Waals surface area contributed by atoms with Gasteiger partial charge in [0.15, 0.2) is 0 Å². The Balaban J connectivity index is 2.15. The SMILES string of the molecule is CC(C)(C)CN(CCCCSC1CCC(F)(F)CC1)C(=O)O. The number of rotatable bonds is 7. The molecule has 0 spiro atoms. The Morgan fingerprint density at radius 2 is 1.86 bits per heavy atom. The molecule has 1 aliphatic carbocycles. The highest BCUT2D eigenvalue weighted by Crippen LogP contribution is 2.38. The zero-order valence-electron chi connectivity index (χ0n) is 13.9. The number of halogens is 2. The summed E-state index contributed by atoms with van der Waals surface area (Å²) >= 11 is 1.77. The van der Waals surface area contributed by atoms with E-state index in [9.17, 15) is 18.7 Å². The summed E-state index contributed by atoms with van der Waals surface area (Å²) < 4.78 is 26.1. The number of amides is 1. The Kier molecular flexibility index (Phi) is 7.42. The highest BCUT2D eigenvalue weighted by atomic mass is 32.2. The van der Waals surface area contributed by atoms with E-state index >= 15 is 0 Å². The van der Waals surface area contributed by atoms with Crippen LogP contribution in [0, 0.1) is 5.41 Å². The molecule has 0 heterocycles. The van der Waals surface area contributed by atoms with Gasteiger partial charge in [-0.25, -0.2) is 13.6 Å². The maximum absolute atomic E-state index is 13.1. The molecule has 1 N–H and O–H groups in total. The molecule has 0 aliphatic heterocycles. The fourth-order valence-corrected chi connectivity index (χ4v) is 3.92. The lowest BCUT2D eigenvalue weighted by Gasteiger charge is -2.28. The standard InChI is InChI=1S/C16H29F2NO2S/c1-15(2,3)12-19(14(20)21)10-4-5-11-22-13-6-8-16(17,18)9-7-13/h13H,4-12H2,1-3H3,(H,20,21). The summed E-state index contributed by atoms with van der Waals surface area (Å²) in [6.07, 6.45) is 2.14. The maximum Gasteiger partial charge on any atom is 0.407 e. The van der Waals surface area contributed by atoms with Crippen LogP contribution in [0.5, 0.6) is 0 Å². The van der Waals surface area contributed by atoms with Crippen molar-refractivity contribution < 1.29 is 18.7 Å². The predicted molar refractivity (Wildman–Crippen MR) is 87.9 cm³/mol. The topological polar surface area (TPSA) is 40.5 Å². The van der Waals surface area contributed by atoms with Gasteiger partial charge in [-0.05, 0) is 36.9 Å². The van der Waals surface area contributed by atoms with Gasteiger partial charge in [0.1, 0.15) is 0 Å². The first kappa shape index (κ1) is 19.5. The minimum atomic E-state index is -2.45. The third-order valence-corrected chi connectivity index (χ3v) is 5.24. The molecule has 0 aromatic carbocycles. The lowest BCUT2D eigenvalue weighted by atomic mass is 9.96. The second kappa shape index (κ2) is 8.37. The number of hydrogen-bond acceptors (Lipinski definition) is 2. The average Bonchev–Trinajstić information content (AvgIpc) is 2.37. The minimum absolute atomic E-state index is 0.0169. The van der Waals surface area contributed by atoms with Gasteiger partial charge in [-0.1, -0.05) is 20.8 Å². The summed E-state index contributed by atoms with van der Waals surface area (Å²) in [4.78, 5) is 12.7. The Hall–Kier alpha value is -0.520. The molecule has 0 atom stereocenters. The molecule has 3 nitrogen and oxygen atoms in total. The highest BCUT2D eigenvalue weighted by molar-refractivity contribution is 7.99. The molecule has 0 aromatic rings. The predicted octanol–water partition coefficient (Wildman–Crippen LogP) is 5.10. The fraction of sp³-hybridized carbons (Fsp3) is 0.938. The van der Waals surface area contributed by atoms with Crippen molar-refractivity contribution in [2.45, 2.75) is 70.5 Å². The van der Waals surface area contributed by atoms with E-state index in [0.717, 1.165) is 18.6 Å². The van der Waals surface area contributed by atoms with Crippen molar-refractivity contribution in [3.63, 3.8) is 0 Å². The monoisotopic (exact) mass is 337 g/mol. The van der Waals surface area contributed by atoms with Crippen molar-refractivity contribution in [1.29, 1.82) is 0 Å². The molecule has 0 bridgehead atoms. The molecule has 0 radical (unpaired) electrons. The molecule has 22 heavy (non-hydrogen) atoms. The third kappa shape index (κ3) is 8.20. The summed E-state index contributed by atoms with van der Waals surface area (Å²) in [5.41, 5.74) is -0.0412. The lowest BCUT2D eigenvalue weighted by molar-refractivity contribution is -0.0323. The van der Waals surface area contributed by atoms with Gasteiger partial charge in [0.2, 0.25) is 5.92 Å².